The lowest BCUT2D eigenvalue weighted by Crippen LogP contribution is -2.28. The maximum Gasteiger partial charge on any atom is 0.335 e. The third kappa shape index (κ3) is 1.70. The number of rotatable bonds is 1. The zero-order chi connectivity index (χ0) is 11.8. The van der Waals surface area contributed by atoms with Crippen molar-refractivity contribution in [2.24, 2.45) is 0 Å². The Bertz CT molecular complexity index is 737. The molecule has 17 heavy (non-hydrogen) atoms. The first kappa shape index (κ1) is 10.4. The number of pyridine rings is 1. The second kappa shape index (κ2) is 3.89. The number of carboxylic acid groups (broad SMARTS) is 1. The molecule has 2 aromatic rings. The van der Waals surface area contributed by atoms with Crippen LogP contribution in [0.4, 0.5) is 0 Å². The average Bonchev–Trinajstić information content (AvgIpc) is 2.38. The van der Waals surface area contributed by atoms with E-state index in [1.54, 1.807) is 30.0 Å². The van der Waals surface area contributed by atoms with Crippen LogP contribution in [0.1, 0.15) is 10.4 Å². The fraction of sp³-hybridized carbons (Fsp3) is 0.0769. The summed E-state index contributed by atoms with van der Waals surface area (Å²) in [5.41, 5.74) is 1.14. The van der Waals surface area contributed by atoms with Crippen molar-refractivity contribution in [1.82, 2.24) is 4.98 Å². The zero-order valence-corrected chi connectivity index (χ0v) is 9.70. The second-order valence-electron chi connectivity index (χ2n) is 3.82. The van der Waals surface area contributed by atoms with Crippen LogP contribution in [0, 0.1) is 0 Å². The molecule has 2 heterocycles. The molecule has 3 nitrogen and oxygen atoms in total. The van der Waals surface area contributed by atoms with Gasteiger partial charge >= 0.3 is 5.97 Å². The van der Waals surface area contributed by atoms with E-state index in [9.17, 15) is 4.79 Å². The van der Waals surface area contributed by atoms with Crippen molar-refractivity contribution >= 4 is 40.1 Å². The molecule has 1 aliphatic rings. The molecule has 84 valence electrons. The zero-order valence-electron chi connectivity index (χ0n) is 8.88. The molecule has 1 aromatic carbocycles. The molecule has 0 saturated heterocycles. The highest BCUT2D eigenvalue weighted by Gasteiger charge is 2.06. The van der Waals surface area contributed by atoms with Crippen molar-refractivity contribution in [3.8, 4) is 0 Å². The molecule has 0 spiro atoms. The second-order valence-corrected chi connectivity index (χ2v) is 4.72. The molecule has 1 N–H and O–H groups in total. The topological polar surface area (TPSA) is 50.2 Å². The molecule has 3 rings (SSSR count). The molecule has 0 aliphatic carbocycles. The number of aromatic nitrogens is 1. The summed E-state index contributed by atoms with van der Waals surface area (Å²) in [7, 11) is 0. The van der Waals surface area contributed by atoms with Crippen LogP contribution in [0.15, 0.2) is 24.4 Å². The van der Waals surface area contributed by atoms with Crippen LogP contribution in [-0.2, 0) is 0 Å². The fourth-order valence-electron chi connectivity index (χ4n) is 1.95. The van der Waals surface area contributed by atoms with Gasteiger partial charge in [-0.05, 0) is 28.8 Å². The Hall–Kier alpha value is -1.81. The number of thioether (sulfide) groups is 1. The van der Waals surface area contributed by atoms with Crippen LogP contribution in [0.2, 0.25) is 0 Å². The molecule has 1 aliphatic heterocycles. The Labute approximate surface area is 101 Å². The third-order valence-electron chi connectivity index (χ3n) is 2.78. The highest BCUT2D eigenvalue weighted by Crippen LogP contribution is 2.11. The van der Waals surface area contributed by atoms with Gasteiger partial charge in [0.2, 0.25) is 0 Å². The van der Waals surface area contributed by atoms with Crippen LogP contribution in [0.25, 0.3) is 22.4 Å². The predicted octanol–water partition coefficient (Wildman–Crippen LogP) is 1.20. The summed E-state index contributed by atoms with van der Waals surface area (Å²) in [5.74, 6) is 0.0160. The molecule has 1 aromatic heterocycles. The van der Waals surface area contributed by atoms with Gasteiger partial charge in [0.25, 0.3) is 0 Å². The molecule has 0 amide bonds. The van der Waals surface area contributed by atoms with E-state index in [4.69, 9.17) is 5.11 Å². The Morgan fingerprint density at radius 3 is 3.12 bits per heavy atom. The standard InChI is InChI=1S/C13H9NO2S/c15-13(16)8-1-2-12-11(5-8)10-3-4-17-7-9(10)6-14-12/h1-3,5-7H,4H2,(H,15,16). The molecular weight excluding hydrogens is 234 g/mol. The lowest BCUT2D eigenvalue weighted by Gasteiger charge is -2.04. The van der Waals surface area contributed by atoms with Gasteiger partial charge in [-0.2, -0.15) is 0 Å². The molecule has 0 fully saturated rings. The van der Waals surface area contributed by atoms with Gasteiger partial charge in [-0.1, -0.05) is 6.08 Å². The van der Waals surface area contributed by atoms with Crippen molar-refractivity contribution in [3.63, 3.8) is 0 Å². The first-order chi connectivity index (χ1) is 8.25. The van der Waals surface area contributed by atoms with Gasteiger partial charge in [0.15, 0.2) is 0 Å². The summed E-state index contributed by atoms with van der Waals surface area (Å²) >= 11 is 1.72. The van der Waals surface area contributed by atoms with E-state index in [0.29, 0.717) is 5.56 Å². The SMILES string of the molecule is O=C(O)c1ccc2ncc3c(c2c1)=CCSC=3. The number of benzene rings is 1. The van der Waals surface area contributed by atoms with E-state index in [-0.39, 0.29) is 0 Å². The first-order valence-corrected chi connectivity index (χ1v) is 6.24. The van der Waals surface area contributed by atoms with Gasteiger partial charge < -0.3 is 5.11 Å². The molecule has 0 radical (unpaired) electrons. The Balaban J connectivity index is 2.45. The highest BCUT2D eigenvalue weighted by atomic mass is 32.2. The maximum absolute atomic E-state index is 11.0. The number of nitrogens with zero attached hydrogens (tertiary/aromatic N) is 1. The van der Waals surface area contributed by atoms with E-state index >= 15 is 0 Å². The minimum atomic E-state index is -0.904. The lowest BCUT2D eigenvalue weighted by atomic mass is 10.1. The summed E-state index contributed by atoms with van der Waals surface area (Å²) in [5, 5.41) is 14.1. The van der Waals surface area contributed by atoms with Crippen LogP contribution >= 0.6 is 11.8 Å². The molecule has 0 bridgehead atoms. The minimum Gasteiger partial charge on any atom is -0.478 e. The van der Waals surface area contributed by atoms with Crippen LogP contribution in [-0.4, -0.2) is 21.8 Å². The van der Waals surface area contributed by atoms with Gasteiger partial charge in [-0.15, -0.1) is 11.8 Å². The number of hydrogen-bond acceptors (Lipinski definition) is 3. The van der Waals surface area contributed by atoms with E-state index in [1.165, 1.54) is 0 Å². The van der Waals surface area contributed by atoms with Crippen molar-refractivity contribution in [3.05, 3.63) is 40.4 Å². The van der Waals surface area contributed by atoms with Gasteiger partial charge in [-0.3, -0.25) is 4.98 Å². The van der Waals surface area contributed by atoms with E-state index < -0.39 is 5.97 Å². The molecule has 4 heteroatoms. The largest absolute Gasteiger partial charge is 0.478 e. The first-order valence-electron chi connectivity index (χ1n) is 5.20. The van der Waals surface area contributed by atoms with Crippen molar-refractivity contribution in [2.75, 3.05) is 5.75 Å². The van der Waals surface area contributed by atoms with Crippen molar-refractivity contribution < 1.29 is 9.90 Å². The van der Waals surface area contributed by atoms with Crippen molar-refractivity contribution in [2.45, 2.75) is 0 Å². The normalized spacial score (nSPS) is 13.6. The van der Waals surface area contributed by atoms with Crippen LogP contribution < -0.4 is 10.4 Å². The summed E-state index contributed by atoms with van der Waals surface area (Å²) in [6.07, 6.45) is 3.95. The number of carbonyl (C=O) groups is 1. The number of carboxylic acids is 1. The Morgan fingerprint density at radius 1 is 1.41 bits per heavy atom. The number of fused-ring (bicyclic) bond motifs is 3. The third-order valence-corrected chi connectivity index (χ3v) is 3.56. The fourth-order valence-corrected chi connectivity index (χ4v) is 2.68. The average molecular weight is 243 g/mol. The maximum atomic E-state index is 11.0. The lowest BCUT2D eigenvalue weighted by molar-refractivity contribution is 0.0697. The Morgan fingerprint density at radius 2 is 2.29 bits per heavy atom. The summed E-state index contributed by atoms with van der Waals surface area (Å²) < 4.78 is 0. The molecule has 0 saturated carbocycles. The van der Waals surface area contributed by atoms with Gasteiger partial charge in [-0.25, -0.2) is 4.79 Å². The Kier molecular flexibility index (Phi) is 2.37. The number of hydrogen-bond donors (Lipinski definition) is 1. The monoisotopic (exact) mass is 243 g/mol. The van der Waals surface area contributed by atoms with Gasteiger partial charge in [0.1, 0.15) is 0 Å². The minimum absolute atomic E-state index is 0.305. The van der Waals surface area contributed by atoms with Gasteiger partial charge in [0, 0.05) is 22.6 Å². The summed E-state index contributed by atoms with van der Waals surface area (Å²) in [4.78, 5) is 15.3. The van der Waals surface area contributed by atoms with Gasteiger partial charge in [0.05, 0.1) is 11.1 Å². The predicted molar refractivity (Wildman–Crippen MR) is 69.3 cm³/mol. The van der Waals surface area contributed by atoms with E-state index in [2.05, 4.69) is 16.5 Å². The van der Waals surface area contributed by atoms with E-state index in [1.807, 2.05) is 6.20 Å². The quantitative estimate of drug-likeness (QED) is 0.817. The molecular formula is C13H9NO2S. The van der Waals surface area contributed by atoms with E-state index in [0.717, 1.165) is 27.1 Å². The highest BCUT2D eigenvalue weighted by molar-refractivity contribution is 8.06. The molecule has 0 atom stereocenters. The summed E-state index contributed by atoms with van der Waals surface area (Å²) in [6, 6.07) is 5.05. The molecule has 0 unspecified atom stereocenters. The van der Waals surface area contributed by atoms with Crippen LogP contribution in [0.5, 0.6) is 0 Å². The number of aromatic carboxylic acids is 1. The van der Waals surface area contributed by atoms with Crippen molar-refractivity contribution in [1.29, 1.82) is 0 Å². The van der Waals surface area contributed by atoms with Crippen LogP contribution in [0.3, 0.4) is 0 Å². The smallest absolute Gasteiger partial charge is 0.335 e. The summed E-state index contributed by atoms with van der Waals surface area (Å²) in [6.45, 7) is 0.